The van der Waals surface area contributed by atoms with Gasteiger partial charge in [0.25, 0.3) is 6.71 Å². The Balaban J connectivity index is 0.955. The Kier molecular flexibility index (Phi) is 10.3. The SMILES string of the molecule is [2H]c1c([2H])c([2H])c2c(c1[2H])c1cc(-n3c4ccccc4c4ccccc43)ccc1n2-c1ccc2c(c1)N(c1ccc(C(C)(C)C)cc1-c1ccccc1)c1cc(C(C)(C)C)cc3c1B2c1ccc(-n2c4c([2H])c([2H])c([2H])c([2H])c4c4c([2H])c([2H])c([2H])c([2H])c42)cc1N3c1cc(-c2ccccc2)cc(-c2ccccc2)c1. The van der Waals surface area contributed by atoms with E-state index in [1.807, 2.05) is 89.5 Å². The van der Waals surface area contributed by atoms with Crippen LogP contribution in [0.25, 0.3) is 116 Å². The molecule has 19 rings (SSSR count). The Morgan fingerprint density at radius 1 is 0.276 bits per heavy atom. The minimum absolute atomic E-state index is 0.00573. The third-order valence-electron chi connectivity index (χ3n) is 20.3. The van der Waals surface area contributed by atoms with Crippen molar-refractivity contribution >= 4 is 123 Å². The number of para-hydroxylation sites is 5. The number of fused-ring (bicyclic) bond motifs is 13. The van der Waals surface area contributed by atoms with Crippen molar-refractivity contribution in [2.75, 3.05) is 9.80 Å². The molecule has 0 spiro atoms. The summed E-state index contributed by atoms with van der Waals surface area (Å²) >= 11 is 0. The van der Waals surface area contributed by atoms with Crippen LogP contribution in [0.5, 0.6) is 0 Å². The van der Waals surface area contributed by atoms with Crippen LogP contribution < -0.4 is 26.2 Å². The van der Waals surface area contributed by atoms with Crippen molar-refractivity contribution in [1.29, 1.82) is 0 Å². The number of rotatable bonds is 8. The van der Waals surface area contributed by atoms with E-state index in [1.165, 1.54) is 0 Å². The minimum Gasteiger partial charge on any atom is -0.311 e. The quantitative estimate of drug-likeness (QED) is 0.141. The van der Waals surface area contributed by atoms with Crippen LogP contribution in [0.4, 0.5) is 34.1 Å². The van der Waals surface area contributed by atoms with Gasteiger partial charge in [-0.25, -0.2) is 0 Å². The van der Waals surface area contributed by atoms with Crippen LogP contribution in [0.2, 0.25) is 0 Å². The first-order chi connectivity index (χ1) is 52.9. The Morgan fingerprint density at radius 3 is 1.24 bits per heavy atom. The first kappa shape index (κ1) is 46.3. The van der Waals surface area contributed by atoms with Gasteiger partial charge in [0, 0.05) is 83.4 Å². The molecule has 14 aromatic carbocycles. The van der Waals surface area contributed by atoms with Gasteiger partial charge in [-0.15, -0.1) is 0 Å². The van der Waals surface area contributed by atoms with Crippen LogP contribution in [-0.4, -0.2) is 20.4 Å². The summed E-state index contributed by atoms with van der Waals surface area (Å²) in [6.45, 7) is 12.8. The summed E-state index contributed by atoms with van der Waals surface area (Å²) in [5.41, 5.74) is 19.7. The molecule has 0 bridgehead atoms. The highest BCUT2D eigenvalue weighted by Gasteiger charge is 2.45. The highest BCUT2D eigenvalue weighted by molar-refractivity contribution is 7.00. The molecule has 0 fully saturated rings. The highest BCUT2D eigenvalue weighted by Crippen LogP contribution is 2.51. The monoisotopic (exact) mass is 1270 g/mol. The minimum atomic E-state index is -0.577. The molecule has 0 N–H and O–H groups in total. The van der Waals surface area contributed by atoms with Crippen molar-refractivity contribution in [3.63, 3.8) is 0 Å². The van der Waals surface area contributed by atoms with Crippen molar-refractivity contribution in [1.82, 2.24) is 13.7 Å². The average molecular weight is 1270 g/mol. The van der Waals surface area contributed by atoms with Crippen molar-refractivity contribution < 1.29 is 16.4 Å². The van der Waals surface area contributed by atoms with E-state index < -0.39 is 60.5 Å². The summed E-state index contributed by atoms with van der Waals surface area (Å²) in [5.74, 6) is 0. The van der Waals surface area contributed by atoms with E-state index in [-0.39, 0.29) is 51.4 Å². The standard InChI is InChI=1S/C92H70BN5/c1-91(2,3)64-42-48-84(75(53-64)61-30-14-9-15-31-61)98-87-58-68(96-83-41-25-20-36-74(83)76-56-66(45-49-85(76)96)94-79-37-21-16-32-70(79)71-33-17-22-38-80(71)94)44-47-78(87)93-77-46-43-67(95-81-39-23-18-34-72(81)73-35-19-24-40-82(73)95)57-86(77)97(88-54-65(92(4,5)6)55-89(98)90(88)93)69-51-62(59-26-10-7-11-27-59)50-63(52-69)60-28-12-8-13-29-60/h7-58H,1-6H3/i18D,19D,20D,23D,24D,25D,34D,35D,36D,39D,40D,41D. The Hall–Kier alpha value is -11.9. The van der Waals surface area contributed by atoms with E-state index in [1.54, 1.807) is 4.57 Å². The van der Waals surface area contributed by atoms with E-state index in [2.05, 4.69) is 214 Å². The van der Waals surface area contributed by atoms with E-state index >= 15 is 0 Å². The van der Waals surface area contributed by atoms with Gasteiger partial charge in [-0.1, -0.05) is 242 Å². The molecule has 0 saturated heterocycles. The molecule has 0 saturated carbocycles. The maximum absolute atomic E-state index is 10.0. The van der Waals surface area contributed by atoms with Crippen molar-refractivity contribution in [3.05, 3.63) is 326 Å². The van der Waals surface area contributed by atoms with Gasteiger partial charge in [0.05, 0.1) is 55.2 Å². The van der Waals surface area contributed by atoms with Gasteiger partial charge in [0.15, 0.2) is 0 Å². The Bertz CT molecular complexity index is 6670. The molecule has 0 atom stereocenters. The third kappa shape index (κ3) is 8.94. The number of aromatic nitrogens is 3. The topological polar surface area (TPSA) is 21.3 Å². The number of hydrogen-bond donors (Lipinski definition) is 0. The van der Waals surface area contributed by atoms with Crippen LogP contribution in [0.3, 0.4) is 0 Å². The van der Waals surface area contributed by atoms with Crippen LogP contribution in [-0.2, 0) is 10.8 Å². The van der Waals surface area contributed by atoms with Crippen molar-refractivity contribution in [2.24, 2.45) is 0 Å². The van der Waals surface area contributed by atoms with Gasteiger partial charge >= 0.3 is 0 Å². The second-order valence-electron chi connectivity index (χ2n) is 28.0. The average Bonchev–Trinajstić information content (AvgIpc) is 0.872. The molecule has 0 unspecified atom stereocenters. The lowest BCUT2D eigenvalue weighted by Crippen LogP contribution is -2.61. The van der Waals surface area contributed by atoms with Crippen LogP contribution in [0, 0.1) is 0 Å². The smallest absolute Gasteiger partial charge is 0.252 e. The van der Waals surface area contributed by atoms with E-state index in [0.717, 1.165) is 117 Å². The zero-order valence-electron chi connectivity index (χ0n) is 66.9. The van der Waals surface area contributed by atoms with Crippen molar-refractivity contribution in [2.45, 2.75) is 52.4 Å². The first-order valence-electron chi connectivity index (χ1n) is 39.4. The van der Waals surface area contributed by atoms with E-state index in [9.17, 15) is 13.7 Å². The van der Waals surface area contributed by atoms with Crippen LogP contribution >= 0.6 is 0 Å². The van der Waals surface area contributed by atoms with Crippen molar-refractivity contribution in [3.8, 4) is 50.4 Å². The fraction of sp³-hybridized carbons (Fsp3) is 0.0870. The second-order valence-corrected chi connectivity index (χ2v) is 28.0. The molecule has 466 valence electrons. The fourth-order valence-corrected chi connectivity index (χ4v) is 15.6. The second kappa shape index (κ2) is 21.8. The Labute approximate surface area is 588 Å². The summed E-state index contributed by atoms with van der Waals surface area (Å²) in [6.07, 6.45) is 0. The zero-order valence-corrected chi connectivity index (χ0v) is 54.9. The molecule has 5 heterocycles. The number of anilines is 6. The number of nitrogens with zero attached hydrogens (tertiary/aromatic N) is 5. The molecular formula is C92H70BN5. The molecule has 5 nitrogen and oxygen atoms in total. The predicted molar refractivity (Wildman–Crippen MR) is 417 cm³/mol. The summed E-state index contributed by atoms with van der Waals surface area (Å²) in [4.78, 5) is 4.73. The third-order valence-corrected chi connectivity index (χ3v) is 20.3. The van der Waals surface area contributed by atoms with Gasteiger partial charge in [-0.05, 0) is 181 Å². The maximum atomic E-state index is 10.0. The molecule has 0 aliphatic carbocycles. The van der Waals surface area contributed by atoms with E-state index in [0.29, 0.717) is 38.9 Å². The summed E-state index contributed by atoms with van der Waals surface area (Å²) in [7, 11) is 0. The summed E-state index contributed by atoms with van der Waals surface area (Å²) in [6, 6.07) is 79.6. The highest BCUT2D eigenvalue weighted by atomic mass is 15.2. The molecule has 17 aromatic rings. The van der Waals surface area contributed by atoms with Gasteiger partial charge in [-0.2, -0.15) is 0 Å². The summed E-state index contributed by atoms with van der Waals surface area (Å²) in [5, 5.41) is 3.15. The van der Waals surface area contributed by atoms with Crippen LogP contribution in [0.1, 0.15) is 69.1 Å². The molecule has 2 aliphatic heterocycles. The number of benzene rings is 14. The normalized spacial score (nSPS) is 14.7. The van der Waals surface area contributed by atoms with E-state index in [4.69, 9.17) is 2.74 Å². The largest absolute Gasteiger partial charge is 0.311 e. The molecular weight excluding hydrogens is 1190 g/mol. The van der Waals surface area contributed by atoms with Gasteiger partial charge in [0.1, 0.15) is 0 Å². The zero-order chi connectivity index (χ0) is 76.2. The summed E-state index contributed by atoms with van der Waals surface area (Å²) < 4.78 is 119. The molecule has 6 heteroatoms. The first-order valence-corrected chi connectivity index (χ1v) is 33.4. The number of hydrogen-bond acceptors (Lipinski definition) is 2. The lowest BCUT2D eigenvalue weighted by atomic mass is 9.33. The molecule has 0 radical (unpaired) electrons. The predicted octanol–water partition coefficient (Wildman–Crippen LogP) is 22.7. The molecule has 2 aliphatic rings. The van der Waals surface area contributed by atoms with Gasteiger partial charge < -0.3 is 23.5 Å². The molecule has 0 amide bonds. The molecule has 3 aromatic heterocycles. The van der Waals surface area contributed by atoms with Gasteiger partial charge in [0.2, 0.25) is 0 Å². The Morgan fingerprint density at radius 2 is 0.704 bits per heavy atom. The van der Waals surface area contributed by atoms with Crippen LogP contribution in [0.15, 0.2) is 315 Å². The molecule has 98 heavy (non-hydrogen) atoms. The van der Waals surface area contributed by atoms with Gasteiger partial charge in [-0.3, -0.25) is 0 Å². The lowest BCUT2D eigenvalue weighted by molar-refractivity contribution is 0.590. The fourth-order valence-electron chi connectivity index (χ4n) is 15.6. The lowest BCUT2D eigenvalue weighted by Gasteiger charge is -2.45. The maximum Gasteiger partial charge on any atom is 0.252 e.